The Bertz CT molecular complexity index is 208. The van der Waals surface area contributed by atoms with Gasteiger partial charge in [0.15, 0.2) is 0 Å². The number of nitrogens with one attached hydrogen (secondary N) is 3. The summed E-state index contributed by atoms with van der Waals surface area (Å²) >= 11 is 0. The van der Waals surface area contributed by atoms with E-state index in [1.54, 1.807) is 0 Å². The molecule has 94 valence electrons. The second-order valence-corrected chi connectivity index (χ2v) is 4.67. The lowest BCUT2D eigenvalue weighted by Gasteiger charge is -2.30. The Hall–Kier alpha value is -0.770. The fourth-order valence-electron chi connectivity index (χ4n) is 2.03. The minimum atomic E-state index is -0.0342. The summed E-state index contributed by atoms with van der Waals surface area (Å²) in [6, 6.07) is 0.402. The van der Waals surface area contributed by atoms with Gasteiger partial charge in [-0.25, -0.2) is 4.79 Å². The quantitative estimate of drug-likeness (QED) is 0.623. The van der Waals surface area contributed by atoms with Crippen LogP contribution in [0.4, 0.5) is 4.79 Å². The first-order valence-electron chi connectivity index (χ1n) is 6.49. The molecule has 1 saturated heterocycles. The van der Waals surface area contributed by atoms with E-state index < -0.39 is 0 Å². The molecule has 2 unspecified atom stereocenters. The van der Waals surface area contributed by atoms with Crippen molar-refractivity contribution in [2.24, 2.45) is 5.92 Å². The van der Waals surface area contributed by atoms with Gasteiger partial charge >= 0.3 is 6.03 Å². The number of amides is 2. The van der Waals surface area contributed by atoms with Crippen molar-refractivity contribution in [1.29, 1.82) is 0 Å². The number of urea groups is 1. The van der Waals surface area contributed by atoms with Crippen LogP contribution in [0.3, 0.4) is 0 Å². The Morgan fingerprint density at radius 2 is 2.25 bits per heavy atom. The van der Waals surface area contributed by atoms with E-state index in [0.29, 0.717) is 12.0 Å². The van der Waals surface area contributed by atoms with E-state index in [1.165, 1.54) is 12.8 Å². The highest BCUT2D eigenvalue weighted by Crippen LogP contribution is 2.14. The van der Waals surface area contributed by atoms with Gasteiger partial charge in [0.05, 0.1) is 0 Å². The van der Waals surface area contributed by atoms with Crippen molar-refractivity contribution in [2.45, 2.75) is 45.6 Å². The Kier molecular flexibility index (Phi) is 6.23. The smallest absolute Gasteiger partial charge is 0.314 e. The van der Waals surface area contributed by atoms with Crippen LogP contribution in [-0.2, 0) is 0 Å². The third-order valence-corrected chi connectivity index (χ3v) is 3.23. The third kappa shape index (κ3) is 4.84. The lowest BCUT2D eigenvalue weighted by atomic mass is 9.93. The van der Waals surface area contributed by atoms with Gasteiger partial charge in [-0.15, -0.1) is 0 Å². The van der Waals surface area contributed by atoms with Crippen molar-refractivity contribution in [3.63, 3.8) is 0 Å². The molecule has 0 bridgehead atoms. The highest BCUT2D eigenvalue weighted by molar-refractivity contribution is 5.73. The molecule has 0 spiro atoms. The number of rotatable bonds is 5. The van der Waals surface area contributed by atoms with Crippen LogP contribution in [-0.4, -0.2) is 31.7 Å². The molecule has 4 heteroatoms. The molecule has 0 aliphatic carbocycles. The average Bonchev–Trinajstić information content (AvgIpc) is 2.28. The summed E-state index contributed by atoms with van der Waals surface area (Å²) in [6.45, 7) is 6.95. The molecular weight excluding hydrogens is 202 g/mol. The van der Waals surface area contributed by atoms with E-state index in [-0.39, 0.29) is 6.03 Å². The maximum atomic E-state index is 11.4. The van der Waals surface area contributed by atoms with Crippen LogP contribution in [0.5, 0.6) is 0 Å². The first kappa shape index (κ1) is 13.3. The lowest BCUT2D eigenvalue weighted by molar-refractivity contribution is 0.233. The molecule has 1 fully saturated rings. The number of carbonyl (C=O) groups is 1. The van der Waals surface area contributed by atoms with Crippen molar-refractivity contribution < 1.29 is 4.79 Å². The van der Waals surface area contributed by atoms with E-state index in [0.717, 1.165) is 32.5 Å². The van der Waals surface area contributed by atoms with Crippen molar-refractivity contribution in [3.05, 3.63) is 0 Å². The van der Waals surface area contributed by atoms with Gasteiger partial charge < -0.3 is 16.0 Å². The van der Waals surface area contributed by atoms with Gasteiger partial charge in [0.2, 0.25) is 0 Å². The van der Waals surface area contributed by atoms with Gasteiger partial charge in [-0.05, 0) is 31.7 Å². The zero-order valence-electron chi connectivity index (χ0n) is 10.5. The second kappa shape index (κ2) is 7.49. The number of carbonyl (C=O) groups excluding carboxylic acids is 1. The normalized spacial score (nSPS) is 25.1. The van der Waals surface area contributed by atoms with E-state index >= 15 is 0 Å². The highest BCUT2D eigenvalue weighted by Gasteiger charge is 2.20. The number of unbranched alkanes of at least 4 members (excludes halogenated alkanes) is 1. The van der Waals surface area contributed by atoms with Gasteiger partial charge in [0.1, 0.15) is 0 Å². The molecule has 16 heavy (non-hydrogen) atoms. The molecule has 3 N–H and O–H groups in total. The fourth-order valence-corrected chi connectivity index (χ4v) is 2.03. The molecule has 0 aromatic carbocycles. The molecule has 1 aliphatic rings. The minimum absolute atomic E-state index is 0.0342. The SMILES string of the molecule is CCCCNC(=O)NCC1NCCCC1C. The molecule has 0 saturated carbocycles. The van der Waals surface area contributed by atoms with Crippen molar-refractivity contribution in [2.75, 3.05) is 19.6 Å². The highest BCUT2D eigenvalue weighted by atomic mass is 16.2. The summed E-state index contributed by atoms with van der Waals surface area (Å²) in [5, 5.41) is 9.24. The number of hydrogen-bond acceptors (Lipinski definition) is 2. The van der Waals surface area contributed by atoms with Crippen LogP contribution in [0.25, 0.3) is 0 Å². The zero-order chi connectivity index (χ0) is 11.8. The molecule has 1 heterocycles. The van der Waals surface area contributed by atoms with E-state index in [9.17, 15) is 4.79 Å². The van der Waals surface area contributed by atoms with Gasteiger partial charge in [-0.3, -0.25) is 0 Å². The Morgan fingerprint density at radius 3 is 2.94 bits per heavy atom. The molecule has 4 nitrogen and oxygen atoms in total. The third-order valence-electron chi connectivity index (χ3n) is 3.23. The van der Waals surface area contributed by atoms with Crippen LogP contribution in [0.2, 0.25) is 0 Å². The topological polar surface area (TPSA) is 53.2 Å². The van der Waals surface area contributed by atoms with Crippen LogP contribution < -0.4 is 16.0 Å². The summed E-state index contributed by atoms with van der Waals surface area (Å²) < 4.78 is 0. The standard InChI is InChI=1S/C12H25N3O/c1-3-4-7-14-12(16)15-9-11-10(2)6-5-8-13-11/h10-11,13H,3-9H2,1-2H3,(H2,14,15,16). The Balaban J connectivity index is 2.10. The molecule has 0 aromatic heterocycles. The largest absolute Gasteiger partial charge is 0.338 e. The number of piperidine rings is 1. The summed E-state index contributed by atoms with van der Waals surface area (Å²) in [7, 11) is 0. The molecule has 1 aliphatic heterocycles. The molecule has 2 atom stereocenters. The van der Waals surface area contributed by atoms with Crippen LogP contribution in [0.1, 0.15) is 39.5 Å². The maximum absolute atomic E-state index is 11.4. The van der Waals surface area contributed by atoms with Crippen LogP contribution >= 0.6 is 0 Å². The molecular formula is C12H25N3O. The van der Waals surface area contributed by atoms with E-state index in [4.69, 9.17) is 0 Å². The molecule has 1 rings (SSSR count). The molecule has 0 aromatic rings. The number of hydrogen-bond donors (Lipinski definition) is 3. The first-order chi connectivity index (χ1) is 7.74. The summed E-state index contributed by atoms with van der Waals surface area (Å²) in [5.41, 5.74) is 0. The molecule has 2 amide bonds. The summed E-state index contributed by atoms with van der Waals surface area (Å²) in [4.78, 5) is 11.4. The van der Waals surface area contributed by atoms with Crippen molar-refractivity contribution in [1.82, 2.24) is 16.0 Å². The van der Waals surface area contributed by atoms with Crippen LogP contribution in [0, 0.1) is 5.92 Å². The monoisotopic (exact) mass is 227 g/mol. The van der Waals surface area contributed by atoms with Gasteiger partial charge in [-0.2, -0.15) is 0 Å². The Morgan fingerprint density at radius 1 is 1.44 bits per heavy atom. The summed E-state index contributed by atoms with van der Waals surface area (Å²) in [5.74, 6) is 0.657. The lowest BCUT2D eigenvalue weighted by Crippen LogP contribution is -2.49. The predicted molar refractivity (Wildman–Crippen MR) is 66.5 cm³/mol. The Labute approximate surface area is 98.6 Å². The zero-order valence-corrected chi connectivity index (χ0v) is 10.5. The minimum Gasteiger partial charge on any atom is -0.338 e. The first-order valence-corrected chi connectivity index (χ1v) is 6.49. The predicted octanol–water partition coefficient (Wildman–Crippen LogP) is 1.47. The van der Waals surface area contributed by atoms with Gasteiger partial charge in [0, 0.05) is 19.1 Å². The van der Waals surface area contributed by atoms with E-state index in [1.807, 2.05) is 0 Å². The molecule has 0 radical (unpaired) electrons. The van der Waals surface area contributed by atoms with Gasteiger partial charge in [-0.1, -0.05) is 20.3 Å². The van der Waals surface area contributed by atoms with Crippen LogP contribution in [0.15, 0.2) is 0 Å². The van der Waals surface area contributed by atoms with E-state index in [2.05, 4.69) is 29.8 Å². The second-order valence-electron chi connectivity index (χ2n) is 4.67. The average molecular weight is 227 g/mol. The van der Waals surface area contributed by atoms with Gasteiger partial charge in [0.25, 0.3) is 0 Å². The van der Waals surface area contributed by atoms with Crippen molar-refractivity contribution >= 4 is 6.03 Å². The van der Waals surface area contributed by atoms with Crippen molar-refractivity contribution in [3.8, 4) is 0 Å². The fraction of sp³-hybridized carbons (Fsp3) is 0.917. The maximum Gasteiger partial charge on any atom is 0.314 e. The summed E-state index contributed by atoms with van der Waals surface area (Å²) in [6.07, 6.45) is 4.67.